The predicted octanol–water partition coefficient (Wildman–Crippen LogP) is 2.18. The monoisotopic (exact) mass is 257 g/mol. The van der Waals surface area contributed by atoms with Gasteiger partial charge in [0.25, 0.3) is 0 Å². The van der Waals surface area contributed by atoms with Gasteiger partial charge in [0.15, 0.2) is 0 Å². The van der Waals surface area contributed by atoms with Crippen LogP contribution < -0.4 is 5.73 Å². The van der Waals surface area contributed by atoms with Crippen molar-refractivity contribution in [1.82, 2.24) is 4.90 Å². The Morgan fingerprint density at radius 3 is 3.11 bits per heavy atom. The number of hydrogen-bond acceptors (Lipinski definition) is 4. The molecule has 3 rings (SSSR count). The van der Waals surface area contributed by atoms with Crippen molar-refractivity contribution in [2.45, 2.75) is 31.2 Å². The standard InChI is InChI=1S/C15H19N3O/c1-19-15(16)11-17-9-10-18(15)14-8-4-6-12-5-2-3-7-13(12)14/h2-3,5,7,9-11,14H,4,6,8,16H2,1H3/t14?,15-/m0/s1. The fraction of sp³-hybridized carbons (Fsp3) is 0.400. The molecule has 1 unspecified atom stereocenters. The molecule has 19 heavy (non-hydrogen) atoms. The Morgan fingerprint density at radius 1 is 1.42 bits per heavy atom. The number of methoxy groups -OCH3 is 1. The molecule has 1 aliphatic heterocycles. The zero-order valence-corrected chi connectivity index (χ0v) is 11.1. The number of fused-ring (bicyclic) bond motifs is 1. The van der Waals surface area contributed by atoms with Crippen LogP contribution in [0.15, 0.2) is 41.7 Å². The Labute approximate surface area is 113 Å². The first kappa shape index (κ1) is 12.4. The van der Waals surface area contributed by atoms with Crippen LogP contribution in [0.25, 0.3) is 0 Å². The van der Waals surface area contributed by atoms with Crippen molar-refractivity contribution in [3.63, 3.8) is 0 Å². The van der Waals surface area contributed by atoms with Crippen molar-refractivity contribution in [2.24, 2.45) is 10.7 Å². The van der Waals surface area contributed by atoms with Crippen LogP contribution in [0.3, 0.4) is 0 Å². The van der Waals surface area contributed by atoms with E-state index in [9.17, 15) is 0 Å². The van der Waals surface area contributed by atoms with Gasteiger partial charge in [-0.3, -0.25) is 10.7 Å². The number of aliphatic imine (C=N–C) groups is 1. The maximum Gasteiger partial charge on any atom is 0.233 e. The molecule has 2 N–H and O–H groups in total. The highest BCUT2D eigenvalue weighted by Crippen LogP contribution is 2.37. The second-order valence-electron chi connectivity index (χ2n) is 5.05. The highest BCUT2D eigenvalue weighted by atomic mass is 16.5. The molecule has 0 bridgehead atoms. The van der Waals surface area contributed by atoms with Crippen molar-refractivity contribution in [3.8, 4) is 0 Å². The molecule has 0 spiro atoms. The summed E-state index contributed by atoms with van der Waals surface area (Å²) in [7, 11) is 1.62. The first-order valence-corrected chi connectivity index (χ1v) is 6.66. The molecule has 4 heteroatoms. The van der Waals surface area contributed by atoms with Gasteiger partial charge in [-0.1, -0.05) is 24.3 Å². The lowest BCUT2D eigenvalue weighted by molar-refractivity contribution is -0.0736. The van der Waals surface area contributed by atoms with E-state index in [0.717, 1.165) is 12.8 Å². The number of nitrogens with zero attached hydrogens (tertiary/aromatic N) is 2. The smallest absolute Gasteiger partial charge is 0.233 e. The average Bonchev–Trinajstić information content (AvgIpc) is 2.47. The quantitative estimate of drug-likeness (QED) is 0.826. The van der Waals surface area contributed by atoms with Crippen LogP contribution in [-0.2, 0) is 11.2 Å². The summed E-state index contributed by atoms with van der Waals surface area (Å²) >= 11 is 0. The van der Waals surface area contributed by atoms with Crippen molar-refractivity contribution in [3.05, 3.63) is 47.8 Å². The molecule has 0 fully saturated rings. The van der Waals surface area contributed by atoms with Gasteiger partial charge in [0.05, 0.1) is 12.3 Å². The Balaban J connectivity index is 1.99. The van der Waals surface area contributed by atoms with E-state index >= 15 is 0 Å². The van der Waals surface area contributed by atoms with Crippen LogP contribution in [0.4, 0.5) is 0 Å². The molecule has 1 aromatic carbocycles. The van der Waals surface area contributed by atoms with Crippen LogP contribution in [0, 0.1) is 0 Å². The zero-order valence-electron chi connectivity index (χ0n) is 11.1. The van der Waals surface area contributed by atoms with E-state index < -0.39 is 5.85 Å². The van der Waals surface area contributed by atoms with E-state index in [4.69, 9.17) is 10.5 Å². The van der Waals surface area contributed by atoms with Crippen LogP contribution in [0.5, 0.6) is 0 Å². The molecular formula is C15H19N3O. The largest absolute Gasteiger partial charge is 0.342 e. The second kappa shape index (κ2) is 4.79. The lowest BCUT2D eigenvalue weighted by Gasteiger charge is -2.44. The summed E-state index contributed by atoms with van der Waals surface area (Å²) in [5.41, 5.74) is 9.05. The fourth-order valence-corrected chi connectivity index (χ4v) is 2.97. The molecule has 0 radical (unpaired) electrons. The van der Waals surface area contributed by atoms with E-state index in [1.54, 1.807) is 19.5 Å². The van der Waals surface area contributed by atoms with Gasteiger partial charge in [-0.15, -0.1) is 0 Å². The maximum atomic E-state index is 6.29. The third-order valence-electron chi connectivity index (χ3n) is 3.98. The molecular weight excluding hydrogens is 238 g/mol. The average molecular weight is 257 g/mol. The first-order valence-electron chi connectivity index (χ1n) is 6.66. The first-order chi connectivity index (χ1) is 9.24. The Hall–Kier alpha value is -1.65. The normalized spacial score (nSPS) is 29.4. The van der Waals surface area contributed by atoms with Gasteiger partial charge in [0.2, 0.25) is 5.85 Å². The third kappa shape index (κ3) is 2.07. The summed E-state index contributed by atoms with van der Waals surface area (Å²) in [4.78, 5) is 6.17. The molecule has 0 saturated heterocycles. The van der Waals surface area contributed by atoms with Gasteiger partial charge in [-0.2, -0.15) is 0 Å². The van der Waals surface area contributed by atoms with Crippen molar-refractivity contribution in [1.29, 1.82) is 0 Å². The minimum atomic E-state index is -0.954. The van der Waals surface area contributed by atoms with Gasteiger partial charge < -0.3 is 9.64 Å². The maximum absolute atomic E-state index is 6.29. The summed E-state index contributed by atoms with van der Waals surface area (Å²) < 4.78 is 5.46. The van der Waals surface area contributed by atoms with E-state index in [1.807, 2.05) is 6.20 Å². The highest BCUT2D eigenvalue weighted by Gasteiger charge is 2.37. The van der Waals surface area contributed by atoms with Crippen molar-refractivity contribution < 1.29 is 4.74 Å². The molecule has 4 nitrogen and oxygen atoms in total. The zero-order chi connectivity index (χ0) is 13.3. The summed E-state index contributed by atoms with van der Waals surface area (Å²) in [5.74, 6) is -0.954. The number of rotatable bonds is 2. The predicted molar refractivity (Wildman–Crippen MR) is 75.5 cm³/mol. The highest BCUT2D eigenvalue weighted by molar-refractivity contribution is 5.69. The van der Waals surface area contributed by atoms with Crippen LogP contribution in [0.1, 0.15) is 30.0 Å². The molecule has 0 aromatic heterocycles. The number of benzene rings is 1. The number of aryl methyl sites for hydroxylation is 1. The molecule has 1 aromatic rings. The Morgan fingerprint density at radius 2 is 2.26 bits per heavy atom. The van der Waals surface area contributed by atoms with Gasteiger partial charge in [0, 0.05) is 19.5 Å². The van der Waals surface area contributed by atoms with E-state index in [-0.39, 0.29) is 6.04 Å². The van der Waals surface area contributed by atoms with Gasteiger partial charge in [-0.25, -0.2) is 0 Å². The topological polar surface area (TPSA) is 50.9 Å². The van der Waals surface area contributed by atoms with Gasteiger partial charge >= 0.3 is 0 Å². The molecule has 1 aliphatic carbocycles. The molecule has 1 heterocycles. The number of nitrogens with two attached hydrogens (primary N) is 1. The Bertz CT molecular complexity index is 526. The molecule has 100 valence electrons. The molecule has 0 amide bonds. The van der Waals surface area contributed by atoms with Gasteiger partial charge in [-0.05, 0) is 30.4 Å². The molecule has 0 saturated carbocycles. The third-order valence-corrected chi connectivity index (χ3v) is 3.98. The summed E-state index contributed by atoms with van der Waals surface area (Å²) in [5, 5.41) is 0. The van der Waals surface area contributed by atoms with E-state index in [1.165, 1.54) is 17.5 Å². The SMILES string of the molecule is CO[C@]1(N)C=NC=CN1C1CCCc2ccccc21. The fourth-order valence-electron chi connectivity index (χ4n) is 2.97. The van der Waals surface area contributed by atoms with Gasteiger partial charge in [0.1, 0.15) is 0 Å². The van der Waals surface area contributed by atoms with E-state index in [2.05, 4.69) is 34.2 Å². The minimum Gasteiger partial charge on any atom is -0.342 e. The minimum absolute atomic E-state index is 0.248. The lowest BCUT2D eigenvalue weighted by Crippen LogP contribution is -2.58. The van der Waals surface area contributed by atoms with Crippen molar-refractivity contribution >= 4 is 6.21 Å². The van der Waals surface area contributed by atoms with Crippen LogP contribution >= 0.6 is 0 Å². The second-order valence-corrected chi connectivity index (χ2v) is 5.05. The van der Waals surface area contributed by atoms with E-state index in [0.29, 0.717) is 0 Å². The lowest BCUT2D eigenvalue weighted by atomic mass is 9.86. The van der Waals surface area contributed by atoms with Crippen molar-refractivity contribution in [2.75, 3.05) is 7.11 Å². The van der Waals surface area contributed by atoms with Crippen LogP contribution in [0.2, 0.25) is 0 Å². The number of ether oxygens (including phenoxy) is 1. The summed E-state index contributed by atoms with van der Waals surface area (Å²) in [6, 6.07) is 8.83. The number of hydrogen-bond donors (Lipinski definition) is 1. The molecule has 2 atom stereocenters. The van der Waals surface area contributed by atoms with Crippen LogP contribution in [-0.4, -0.2) is 24.1 Å². The Kier molecular flexibility index (Phi) is 3.12. The summed E-state index contributed by atoms with van der Waals surface area (Å²) in [6.07, 6.45) is 8.74. The molecule has 2 aliphatic rings. The summed E-state index contributed by atoms with van der Waals surface area (Å²) in [6.45, 7) is 0.